The van der Waals surface area contributed by atoms with Crippen LogP contribution in [0.3, 0.4) is 0 Å². The normalized spacial score (nSPS) is 17.9. The van der Waals surface area contributed by atoms with Crippen LogP contribution >= 0.6 is 0 Å². The van der Waals surface area contributed by atoms with E-state index in [1.807, 2.05) is 114 Å². The number of carbonyl (C=O) groups excluding carboxylic acids is 9. The molecule has 2 saturated carbocycles. The highest BCUT2D eigenvalue weighted by Crippen LogP contribution is 2.42. The molecule has 2 fully saturated rings. The van der Waals surface area contributed by atoms with Crippen LogP contribution in [0.1, 0.15) is 211 Å². The number of Topliss-reactive ketones (excluding diaryl/α,β-unsaturated/α-hetero) is 4. The van der Waals surface area contributed by atoms with Crippen molar-refractivity contribution in [1.82, 2.24) is 24.8 Å². The van der Waals surface area contributed by atoms with Crippen molar-refractivity contribution in [2.75, 3.05) is 89.6 Å². The number of benzene rings is 9. The summed E-state index contributed by atoms with van der Waals surface area (Å²) in [6.07, 6.45) is 4.36. The first kappa shape index (κ1) is 112. The lowest BCUT2D eigenvalue weighted by Gasteiger charge is -2.28. The Morgan fingerprint density at radius 2 is 0.926 bits per heavy atom. The highest BCUT2D eigenvalue weighted by atomic mass is 32.2. The van der Waals surface area contributed by atoms with E-state index in [0.29, 0.717) is 74.4 Å². The zero-order chi connectivity index (χ0) is 108. The van der Waals surface area contributed by atoms with E-state index >= 15 is 13.2 Å². The van der Waals surface area contributed by atoms with E-state index in [1.165, 1.54) is 96.6 Å². The molecule has 12 aromatic rings. The average Bonchev–Trinajstić information content (AvgIpc) is 1.76. The predicted molar refractivity (Wildman–Crippen MR) is 563 cm³/mol. The van der Waals surface area contributed by atoms with Gasteiger partial charge in [-0.25, -0.2) is 63.7 Å². The number of carbonyl (C=O) groups is 9. The SMILES string of the molecule is CC(C)=O.CC(C)=O.CC(C)=O.Cc1cc2ccc1[C@@H](C)COC(=O)Nc1cc(F)c(OC[C@@H](O)C3CC3)c(c1)CN(C)C(=O)[C@@H]2Nc1ccc2c(N)nccc2c1.Cc1cc2ccc1[C@@H](C)COC(=O)Nc1cc(F)c(S(=O)(=O)C(C)C)c(c1)CN(C)C(=O)[C@@H]2Nc1cc(F)c2c(N)nccc2c1.Cc1cc2ccc1[C@@H](C)COC(=O)Nc1ccc(S(=O)(=O)C3CC3)c(c1)CCC(=O)[C@@H]2Nc1ccc2c(N)ncc(F)c2c1. The summed E-state index contributed by atoms with van der Waals surface area (Å²) in [5.74, 6) is -3.22. The van der Waals surface area contributed by atoms with Gasteiger partial charge in [-0.2, -0.15) is 0 Å². The van der Waals surface area contributed by atoms with Crippen LogP contribution in [0, 0.1) is 50.0 Å². The van der Waals surface area contributed by atoms with Crippen molar-refractivity contribution in [2.24, 2.45) is 5.92 Å². The first-order chi connectivity index (χ1) is 69.9. The second-order valence-corrected chi connectivity index (χ2v) is 43.1. The summed E-state index contributed by atoms with van der Waals surface area (Å²) >= 11 is 0. The number of hydrogen-bond donors (Lipinski definition) is 10. The molecule has 20 rings (SSSR count). The number of ether oxygens (including phenoxy) is 4. The fourth-order valence-electron chi connectivity index (χ4n) is 17.4. The van der Waals surface area contributed by atoms with Gasteiger partial charge in [-0.15, -0.1) is 0 Å². The third-order valence-corrected chi connectivity index (χ3v) is 29.7. The van der Waals surface area contributed by atoms with Gasteiger partial charge in [0.2, 0.25) is 11.8 Å². The summed E-state index contributed by atoms with van der Waals surface area (Å²) in [6.45, 7) is 23.3. The van der Waals surface area contributed by atoms with Crippen molar-refractivity contribution in [3.05, 3.63) is 266 Å². The van der Waals surface area contributed by atoms with Crippen molar-refractivity contribution in [3.63, 3.8) is 0 Å². The zero-order valence-corrected chi connectivity index (χ0v) is 86.8. The van der Waals surface area contributed by atoms with Gasteiger partial charge in [-0.3, -0.25) is 30.3 Å². The molecule has 0 unspecified atom stereocenters. The number of aryl methyl sites for hydroxylation is 4. The maximum absolute atomic E-state index is 15.6. The smallest absolute Gasteiger partial charge is 0.411 e. The number of pyridine rings is 3. The first-order valence-corrected chi connectivity index (χ1v) is 51.3. The van der Waals surface area contributed by atoms with Crippen LogP contribution in [-0.2, 0) is 82.2 Å². The molecule has 148 heavy (non-hydrogen) atoms. The Balaban J connectivity index is 0.000000186. The number of nitrogen functional groups attached to an aromatic ring is 3. The van der Waals surface area contributed by atoms with Crippen LogP contribution in [-0.4, -0.2) is 157 Å². The maximum Gasteiger partial charge on any atom is 0.411 e. The van der Waals surface area contributed by atoms with Crippen LogP contribution in [0.5, 0.6) is 5.75 Å². The molecule has 32 nitrogen and oxygen atoms in total. The van der Waals surface area contributed by atoms with Crippen LogP contribution in [0.2, 0.25) is 0 Å². The van der Waals surface area contributed by atoms with Gasteiger partial charge in [0.1, 0.15) is 81.9 Å². The van der Waals surface area contributed by atoms with E-state index in [-0.39, 0.29) is 155 Å². The number of amides is 5. The number of anilines is 9. The minimum absolute atomic E-state index is 0.00112. The van der Waals surface area contributed by atoms with Gasteiger partial charge in [0.15, 0.2) is 37.0 Å². The lowest BCUT2D eigenvalue weighted by atomic mass is 9.91. The number of nitrogens with two attached hydrogens (primary N) is 3. The molecule has 0 radical (unpaired) electrons. The first-order valence-electron chi connectivity index (χ1n) is 48.2. The number of hydrogen-bond acceptors (Lipinski definition) is 27. The van der Waals surface area contributed by atoms with Crippen molar-refractivity contribution < 1.29 is 102 Å². The number of fused-ring (bicyclic) bond motifs is 30. The Morgan fingerprint density at radius 3 is 1.44 bits per heavy atom. The Labute approximate surface area is 856 Å². The van der Waals surface area contributed by atoms with E-state index in [9.17, 15) is 69.5 Å². The molecule has 7 atom stereocenters. The summed E-state index contributed by atoms with van der Waals surface area (Å²) in [4.78, 5) is 123. The highest BCUT2D eigenvalue weighted by molar-refractivity contribution is 7.92. The quantitative estimate of drug-likeness (QED) is 0.0357. The standard InChI is InChI=1S/C35H38FN5O5.C33H35F2N5O5S.C33H33FN4O5S.3C3H6O/c1-19-12-23-6-8-27(19)20(2)17-46-35(44)40-26-14-24(32(29(36)15-26)45-18-30(42)21-4-5-21)16-41(3)34(43)31(23)39-25-7-9-28-22(13-25)10-11-38-33(28)37;1-17(2)46(43,44)30-22-12-24(14-27(30)35)39-33(42)45-16-19(4)25-7-6-21(10-18(25)3)29(32(41)40(5)15-22)38-23-11-20-8-9-37-31(36)28(20)26(34)13-23;1-18-13-21-3-9-25(18)19(2)17-43-33(40)38-22-6-12-30(44(41,42)24-7-8-24)20(14-22)4-11-29(39)31(21)37-23-5-10-26-27(15-23)28(34)16-36-32(26)35;3*1-3(2)4/h6-15,20-21,30-31,39,42H,4-5,16-18H2,1-3H3,(H2,37,38)(H,40,44);6-14,17,19,29,38H,15-16H2,1-5H3,(H2,36,37)(H,39,42);3,5-6,9-10,12-16,19,24,31,37H,4,7-8,11,17H2,1-2H3,(H2,35,36)(H,38,40);3*1-2H3/t20-,30+,31+;19-,29+;19-,31+;;;/m000.../s1. The number of aromatic nitrogens is 3. The fraction of sp³-hybridized carbons (Fsp3) is 0.345. The number of rotatable bonds is 14. The van der Waals surface area contributed by atoms with Crippen molar-refractivity contribution >= 4 is 157 Å². The Kier molecular flexibility index (Phi) is 36.5. The van der Waals surface area contributed by atoms with E-state index in [2.05, 4.69) is 46.9 Å². The molecule has 12 bridgehead atoms. The van der Waals surface area contributed by atoms with Crippen molar-refractivity contribution in [3.8, 4) is 5.75 Å². The number of nitrogens with one attached hydrogen (secondary N) is 6. The van der Waals surface area contributed by atoms with Crippen LogP contribution in [0.15, 0.2) is 186 Å². The monoisotopic (exact) mass is 2070 g/mol. The molecule has 2 aliphatic carbocycles. The summed E-state index contributed by atoms with van der Waals surface area (Å²) in [7, 11) is -4.64. The number of aliphatic hydroxyl groups is 1. The zero-order valence-electron chi connectivity index (χ0n) is 85.2. The molecular weight excluding hydrogens is 1950 g/mol. The molecule has 3 aromatic heterocycles. The molecule has 0 spiro atoms. The second kappa shape index (κ2) is 48.4. The molecular formula is C110H124F4N14O18S2. The number of ketones is 4. The number of aliphatic hydroxyl groups excluding tert-OH is 1. The Morgan fingerprint density at radius 1 is 0.480 bits per heavy atom. The molecule has 9 aromatic carbocycles. The minimum atomic E-state index is -4.15. The topological polar surface area (TPSA) is 474 Å². The summed E-state index contributed by atoms with van der Waals surface area (Å²) in [6, 6.07) is 40.7. The molecule has 5 amide bonds. The van der Waals surface area contributed by atoms with Gasteiger partial charge in [-0.1, -0.05) is 75.4 Å². The van der Waals surface area contributed by atoms with Gasteiger partial charge in [0.25, 0.3) is 0 Å². The van der Waals surface area contributed by atoms with E-state index in [0.717, 1.165) is 80.9 Å². The third kappa shape index (κ3) is 28.4. The van der Waals surface area contributed by atoms with Gasteiger partial charge < -0.3 is 81.4 Å². The van der Waals surface area contributed by atoms with E-state index in [1.54, 1.807) is 67.8 Å². The molecule has 13 N–H and O–H groups in total. The van der Waals surface area contributed by atoms with Crippen LogP contribution in [0.4, 0.5) is 83.5 Å². The highest BCUT2D eigenvalue weighted by Gasteiger charge is 2.40. The van der Waals surface area contributed by atoms with Crippen molar-refractivity contribution in [2.45, 2.75) is 211 Å². The number of nitrogens with zero attached hydrogens (tertiary/aromatic N) is 5. The van der Waals surface area contributed by atoms with Gasteiger partial charge in [0, 0.05) is 126 Å². The average molecular weight is 2070 g/mol. The second-order valence-electron chi connectivity index (χ2n) is 38.4. The number of likely N-dealkylation sites (N-methyl/N-ethyl adjacent to an activating group) is 2. The third-order valence-electron chi connectivity index (χ3n) is 25.1. The lowest BCUT2D eigenvalue weighted by molar-refractivity contribution is -0.132. The van der Waals surface area contributed by atoms with Crippen LogP contribution in [0.25, 0.3) is 32.3 Å². The predicted octanol–water partition coefficient (Wildman–Crippen LogP) is 20.0. The van der Waals surface area contributed by atoms with Crippen molar-refractivity contribution in [1.29, 1.82) is 0 Å². The van der Waals surface area contributed by atoms with Gasteiger partial charge >= 0.3 is 18.3 Å². The Hall–Kier alpha value is -15.2. The van der Waals surface area contributed by atoms with Crippen LogP contribution < -0.4 is 53.8 Å². The van der Waals surface area contributed by atoms with E-state index < -0.39 is 107 Å². The molecule has 782 valence electrons. The molecule has 8 aliphatic rings. The largest absolute Gasteiger partial charge is 0.487 e. The molecule has 38 heteroatoms. The molecule has 9 heterocycles. The maximum atomic E-state index is 15.6. The van der Waals surface area contributed by atoms with Gasteiger partial charge in [-0.05, 0) is 283 Å². The summed E-state index contributed by atoms with van der Waals surface area (Å²) in [5, 5.41) is 29.7. The summed E-state index contributed by atoms with van der Waals surface area (Å²) < 4.78 is 136. The molecule has 6 aliphatic heterocycles. The Bertz CT molecular complexity index is 7300. The fourth-order valence-corrected chi connectivity index (χ4v) is 20.6. The summed E-state index contributed by atoms with van der Waals surface area (Å²) in [5.41, 5.74) is 28.1. The van der Waals surface area contributed by atoms with E-state index in [4.69, 9.17) is 36.1 Å². The minimum Gasteiger partial charge on any atom is -0.487 e. The number of sulfone groups is 2. The lowest BCUT2D eigenvalue weighted by Crippen LogP contribution is -2.35. The number of halogens is 4. The van der Waals surface area contributed by atoms with Gasteiger partial charge in [0.05, 0.1) is 52.9 Å². The molecule has 0 saturated heterocycles.